The Bertz CT molecular complexity index is 441. The van der Waals surface area contributed by atoms with Gasteiger partial charge in [-0.05, 0) is 23.1 Å². The monoisotopic (exact) mass is 228 g/mol. The van der Waals surface area contributed by atoms with Crippen LogP contribution in [0.4, 0.5) is 0 Å². The molecular formula is C11H16O3S. The minimum absolute atomic E-state index is 0.0702. The lowest BCUT2D eigenvalue weighted by molar-refractivity contribution is 0.397. The van der Waals surface area contributed by atoms with Gasteiger partial charge in [-0.3, -0.25) is 4.18 Å². The van der Waals surface area contributed by atoms with E-state index < -0.39 is 10.1 Å². The molecule has 0 atom stereocenters. The van der Waals surface area contributed by atoms with Gasteiger partial charge in [-0.25, -0.2) is 0 Å². The fourth-order valence-electron chi connectivity index (χ4n) is 1.21. The second-order valence-electron chi connectivity index (χ2n) is 4.40. The topological polar surface area (TPSA) is 43.4 Å². The maximum atomic E-state index is 11.5. The van der Waals surface area contributed by atoms with E-state index in [-0.39, 0.29) is 10.3 Å². The molecule has 84 valence electrons. The molecule has 0 unspecified atom stereocenters. The molecule has 0 aromatic heterocycles. The van der Waals surface area contributed by atoms with Gasteiger partial charge in [0.25, 0.3) is 10.1 Å². The Morgan fingerprint density at radius 2 is 1.80 bits per heavy atom. The van der Waals surface area contributed by atoms with E-state index in [9.17, 15) is 8.42 Å². The first kappa shape index (κ1) is 12.2. The van der Waals surface area contributed by atoms with Gasteiger partial charge in [0, 0.05) is 0 Å². The van der Waals surface area contributed by atoms with Crippen LogP contribution in [0.3, 0.4) is 0 Å². The van der Waals surface area contributed by atoms with Gasteiger partial charge in [0.2, 0.25) is 0 Å². The van der Waals surface area contributed by atoms with Crippen LogP contribution in [0.25, 0.3) is 0 Å². The molecule has 0 N–H and O–H groups in total. The van der Waals surface area contributed by atoms with Crippen molar-refractivity contribution in [2.75, 3.05) is 7.11 Å². The van der Waals surface area contributed by atoms with Gasteiger partial charge in [0.1, 0.15) is 0 Å². The fourth-order valence-corrected chi connectivity index (χ4v) is 1.92. The van der Waals surface area contributed by atoms with Crippen molar-refractivity contribution in [2.24, 2.45) is 0 Å². The summed E-state index contributed by atoms with van der Waals surface area (Å²) in [5, 5.41) is 0. The van der Waals surface area contributed by atoms with Crippen LogP contribution < -0.4 is 0 Å². The number of hydrogen-bond acceptors (Lipinski definition) is 3. The minimum atomic E-state index is -3.58. The van der Waals surface area contributed by atoms with Crippen molar-refractivity contribution in [3.63, 3.8) is 0 Å². The molecule has 1 aromatic rings. The quantitative estimate of drug-likeness (QED) is 0.730. The first-order valence-electron chi connectivity index (χ1n) is 4.68. The third kappa shape index (κ3) is 2.79. The molecule has 0 fully saturated rings. The first-order valence-corrected chi connectivity index (χ1v) is 6.09. The van der Waals surface area contributed by atoms with Crippen molar-refractivity contribution >= 4 is 10.1 Å². The Kier molecular flexibility index (Phi) is 3.21. The normalized spacial score (nSPS) is 12.8. The molecule has 1 rings (SSSR count). The highest BCUT2D eigenvalue weighted by Crippen LogP contribution is 2.24. The summed E-state index contributed by atoms with van der Waals surface area (Å²) in [5.74, 6) is 0. The summed E-state index contributed by atoms with van der Waals surface area (Å²) in [6, 6.07) is 6.83. The van der Waals surface area contributed by atoms with E-state index in [1.807, 2.05) is 26.8 Å². The SMILES string of the molecule is COS(=O)(=O)c1cccc(C(C)(C)C)c1. The predicted octanol–water partition coefficient (Wildman–Crippen LogP) is 2.32. The summed E-state index contributed by atoms with van der Waals surface area (Å²) in [5.41, 5.74) is 0.903. The molecule has 0 bridgehead atoms. The summed E-state index contributed by atoms with van der Waals surface area (Å²) < 4.78 is 27.4. The van der Waals surface area contributed by atoms with Crippen molar-refractivity contribution in [1.82, 2.24) is 0 Å². The van der Waals surface area contributed by atoms with Crippen molar-refractivity contribution in [2.45, 2.75) is 31.1 Å². The highest BCUT2D eigenvalue weighted by atomic mass is 32.2. The number of hydrogen-bond donors (Lipinski definition) is 0. The van der Waals surface area contributed by atoms with E-state index in [1.165, 1.54) is 13.2 Å². The van der Waals surface area contributed by atoms with Crippen LogP contribution in [-0.2, 0) is 19.7 Å². The van der Waals surface area contributed by atoms with Crippen molar-refractivity contribution in [3.8, 4) is 0 Å². The largest absolute Gasteiger partial charge is 0.296 e. The van der Waals surface area contributed by atoms with Crippen LogP contribution in [0.2, 0.25) is 0 Å². The van der Waals surface area contributed by atoms with E-state index in [4.69, 9.17) is 0 Å². The first-order chi connectivity index (χ1) is 6.77. The Morgan fingerprint density at radius 3 is 2.27 bits per heavy atom. The second-order valence-corrected chi connectivity index (χ2v) is 6.11. The third-order valence-electron chi connectivity index (χ3n) is 2.21. The van der Waals surface area contributed by atoms with Crippen LogP contribution >= 0.6 is 0 Å². The Morgan fingerprint density at radius 1 is 1.20 bits per heavy atom. The van der Waals surface area contributed by atoms with Crippen LogP contribution in [0.5, 0.6) is 0 Å². The van der Waals surface area contributed by atoms with Gasteiger partial charge in [-0.2, -0.15) is 8.42 Å². The molecule has 0 aliphatic rings. The maximum absolute atomic E-state index is 11.5. The van der Waals surface area contributed by atoms with Gasteiger partial charge in [0.15, 0.2) is 0 Å². The van der Waals surface area contributed by atoms with E-state index in [1.54, 1.807) is 12.1 Å². The zero-order chi connectivity index (χ0) is 11.7. The number of rotatable bonds is 2. The van der Waals surface area contributed by atoms with E-state index >= 15 is 0 Å². The van der Waals surface area contributed by atoms with E-state index in [0.717, 1.165) is 5.56 Å². The minimum Gasteiger partial charge on any atom is -0.270 e. The van der Waals surface area contributed by atoms with Crippen molar-refractivity contribution < 1.29 is 12.6 Å². The van der Waals surface area contributed by atoms with Crippen LogP contribution in [0, 0.1) is 0 Å². The Balaban J connectivity index is 3.27. The standard InChI is InChI=1S/C11H16O3S/c1-11(2,3)9-6-5-7-10(8-9)15(12,13)14-4/h5-8H,1-4H3. The molecular weight excluding hydrogens is 212 g/mol. The van der Waals surface area contributed by atoms with Crippen LogP contribution in [0.1, 0.15) is 26.3 Å². The molecule has 0 radical (unpaired) electrons. The lowest BCUT2D eigenvalue weighted by atomic mass is 9.87. The van der Waals surface area contributed by atoms with Gasteiger partial charge in [-0.1, -0.05) is 32.9 Å². The van der Waals surface area contributed by atoms with Crippen molar-refractivity contribution in [1.29, 1.82) is 0 Å². The maximum Gasteiger partial charge on any atom is 0.296 e. The Hall–Kier alpha value is -0.870. The van der Waals surface area contributed by atoms with Gasteiger partial charge in [0.05, 0.1) is 12.0 Å². The lowest BCUT2D eigenvalue weighted by Gasteiger charge is -2.19. The molecule has 0 spiro atoms. The molecule has 0 aliphatic heterocycles. The molecule has 0 amide bonds. The summed E-state index contributed by atoms with van der Waals surface area (Å²) in [7, 11) is -2.42. The average Bonchev–Trinajstić information content (AvgIpc) is 2.17. The van der Waals surface area contributed by atoms with Gasteiger partial charge >= 0.3 is 0 Å². The highest BCUT2D eigenvalue weighted by molar-refractivity contribution is 7.86. The average molecular weight is 228 g/mol. The lowest BCUT2D eigenvalue weighted by Crippen LogP contribution is -2.12. The Labute approximate surface area is 91.2 Å². The fraction of sp³-hybridized carbons (Fsp3) is 0.455. The summed E-state index contributed by atoms with van der Waals surface area (Å²) in [6.45, 7) is 6.10. The van der Waals surface area contributed by atoms with Gasteiger partial charge in [-0.15, -0.1) is 0 Å². The molecule has 0 saturated heterocycles. The summed E-state index contributed by atoms with van der Waals surface area (Å²) in [6.07, 6.45) is 0. The zero-order valence-electron chi connectivity index (χ0n) is 9.44. The summed E-state index contributed by atoms with van der Waals surface area (Å²) in [4.78, 5) is 0.206. The molecule has 3 nitrogen and oxygen atoms in total. The predicted molar refractivity (Wildman–Crippen MR) is 59.3 cm³/mol. The molecule has 0 saturated carbocycles. The molecule has 15 heavy (non-hydrogen) atoms. The highest BCUT2D eigenvalue weighted by Gasteiger charge is 2.18. The third-order valence-corrected chi connectivity index (χ3v) is 3.48. The number of benzene rings is 1. The zero-order valence-corrected chi connectivity index (χ0v) is 10.3. The smallest absolute Gasteiger partial charge is 0.270 e. The second kappa shape index (κ2) is 3.94. The molecule has 0 heterocycles. The molecule has 0 aliphatic carbocycles. The van der Waals surface area contributed by atoms with E-state index in [2.05, 4.69) is 4.18 Å². The van der Waals surface area contributed by atoms with Crippen LogP contribution in [-0.4, -0.2) is 15.5 Å². The van der Waals surface area contributed by atoms with Crippen LogP contribution in [0.15, 0.2) is 29.2 Å². The molecule has 1 aromatic carbocycles. The summed E-state index contributed by atoms with van der Waals surface area (Å²) >= 11 is 0. The molecule has 4 heteroatoms. The van der Waals surface area contributed by atoms with E-state index in [0.29, 0.717) is 0 Å². The van der Waals surface area contributed by atoms with Gasteiger partial charge < -0.3 is 0 Å². The van der Waals surface area contributed by atoms with Crippen molar-refractivity contribution in [3.05, 3.63) is 29.8 Å².